The summed E-state index contributed by atoms with van der Waals surface area (Å²) >= 11 is 5.08. The Hall–Kier alpha value is -1.35. The Labute approximate surface area is 185 Å². The highest BCUT2D eigenvalue weighted by molar-refractivity contribution is 9.10. The zero-order valence-electron chi connectivity index (χ0n) is 16.1. The molecule has 0 radical (unpaired) electrons. The number of nitrogens with one attached hydrogen (secondary N) is 1. The summed E-state index contributed by atoms with van der Waals surface area (Å²) in [6, 6.07) is 17.4. The molecule has 0 saturated carbocycles. The smallest absolute Gasteiger partial charge is 0.223 e. The molecule has 1 fully saturated rings. The maximum atomic E-state index is 12.7. The summed E-state index contributed by atoms with van der Waals surface area (Å²) in [6.07, 6.45) is 1.13. The van der Waals surface area contributed by atoms with Gasteiger partial charge in [0.1, 0.15) is 0 Å². The van der Waals surface area contributed by atoms with Crippen LogP contribution in [-0.2, 0) is 20.6 Å². The minimum absolute atomic E-state index is 0.0139. The first-order valence-electron chi connectivity index (χ1n) is 9.62. The maximum absolute atomic E-state index is 12.7. The second kappa shape index (κ2) is 10.6. The lowest BCUT2D eigenvalue weighted by atomic mass is 9.97. The normalized spacial score (nSPS) is 15.9. The SMILES string of the molecule is O=C(NCCSc1ccccc1)C1CCN(S(=O)(=O)Cc2cccc(Br)c2)CC1. The second-order valence-corrected chi connectivity index (χ2v) is 11.1. The third-order valence-corrected chi connectivity index (χ3v) is 8.23. The van der Waals surface area contributed by atoms with Gasteiger partial charge in [0.05, 0.1) is 5.75 Å². The van der Waals surface area contributed by atoms with E-state index in [1.54, 1.807) is 11.8 Å². The van der Waals surface area contributed by atoms with Gasteiger partial charge in [-0.25, -0.2) is 12.7 Å². The molecule has 1 aliphatic rings. The van der Waals surface area contributed by atoms with Crippen LogP contribution >= 0.6 is 27.7 Å². The van der Waals surface area contributed by atoms with Crippen LogP contribution in [0.1, 0.15) is 18.4 Å². The maximum Gasteiger partial charge on any atom is 0.223 e. The van der Waals surface area contributed by atoms with Gasteiger partial charge in [-0.05, 0) is 42.7 Å². The zero-order valence-corrected chi connectivity index (χ0v) is 19.3. The summed E-state index contributed by atoms with van der Waals surface area (Å²) in [4.78, 5) is 13.6. The first-order chi connectivity index (χ1) is 13.9. The highest BCUT2D eigenvalue weighted by atomic mass is 79.9. The molecule has 1 amide bonds. The third kappa shape index (κ3) is 6.84. The molecule has 2 aromatic carbocycles. The number of carbonyl (C=O) groups is 1. The minimum Gasteiger partial charge on any atom is -0.355 e. The Bertz CT molecular complexity index is 915. The monoisotopic (exact) mass is 496 g/mol. The van der Waals surface area contributed by atoms with Crippen LogP contribution in [0.25, 0.3) is 0 Å². The van der Waals surface area contributed by atoms with E-state index in [9.17, 15) is 13.2 Å². The van der Waals surface area contributed by atoms with Crippen molar-refractivity contribution in [2.24, 2.45) is 5.92 Å². The zero-order chi connectivity index (χ0) is 20.7. The van der Waals surface area contributed by atoms with E-state index in [2.05, 4.69) is 33.4 Å². The molecule has 1 saturated heterocycles. The molecule has 0 atom stereocenters. The average molecular weight is 497 g/mol. The van der Waals surface area contributed by atoms with Gasteiger partial charge >= 0.3 is 0 Å². The molecule has 0 spiro atoms. The van der Waals surface area contributed by atoms with Crippen molar-refractivity contribution in [1.29, 1.82) is 0 Å². The number of piperidine rings is 1. The molecule has 2 aromatic rings. The van der Waals surface area contributed by atoms with Gasteiger partial charge in [-0.3, -0.25) is 4.79 Å². The summed E-state index contributed by atoms with van der Waals surface area (Å²) in [5, 5.41) is 2.99. The number of amides is 1. The van der Waals surface area contributed by atoms with Crippen molar-refractivity contribution in [3.05, 3.63) is 64.6 Å². The van der Waals surface area contributed by atoms with Crippen molar-refractivity contribution in [2.45, 2.75) is 23.5 Å². The number of sulfonamides is 1. The largest absolute Gasteiger partial charge is 0.355 e. The molecule has 156 valence electrons. The number of thioether (sulfide) groups is 1. The molecular formula is C21H25BrN2O3S2. The van der Waals surface area contributed by atoms with Crippen molar-refractivity contribution in [2.75, 3.05) is 25.4 Å². The molecule has 0 unspecified atom stereocenters. The van der Waals surface area contributed by atoms with Crippen molar-refractivity contribution in [3.63, 3.8) is 0 Å². The van der Waals surface area contributed by atoms with Crippen LogP contribution in [0.4, 0.5) is 0 Å². The number of benzene rings is 2. The van der Waals surface area contributed by atoms with E-state index in [-0.39, 0.29) is 17.6 Å². The van der Waals surface area contributed by atoms with E-state index >= 15 is 0 Å². The lowest BCUT2D eigenvalue weighted by Crippen LogP contribution is -2.43. The summed E-state index contributed by atoms with van der Waals surface area (Å²) < 4.78 is 27.8. The number of hydrogen-bond acceptors (Lipinski definition) is 4. The van der Waals surface area contributed by atoms with E-state index in [1.807, 2.05) is 42.5 Å². The van der Waals surface area contributed by atoms with Gasteiger partial charge in [0, 0.05) is 40.7 Å². The summed E-state index contributed by atoms with van der Waals surface area (Å²) in [5.74, 6) is 0.715. The number of rotatable bonds is 8. The van der Waals surface area contributed by atoms with Crippen LogP contribution in [0.15, 0.2) is 64.0 Å². The van der Waals surface area contributed by atoms with Crippen molar-refractivity contribution < 1.29 is 13.2 Å². The van der Waals surface area contributed by atoms with Gasteiger partial charge in [-0.2, -0.15) is 0 Å². The Kier molecular flexibility index (Phi) is 8.17. The Morgan fingerprint density at radius 1 is 1.10 bits per heavy atom. The van der Waals surface area contributed by atoms with Gasteiger partial charge in [0.25, 0.3) is 0 Å². The number of halogens is 1. The average Bonchev–Trinajstić information content (AvgIpc) is 2.71. The number of nitrogens with zero attached hydrogens (tertiary/aromatic N) is 1. The third-order valence-electron chi connectivity index (χ3n) is 4.87. The van der Waals surface area contributed by atoms with Gasteiger partial charge in [-0.15, -0.1) is 11.8 Å². The van der Waals surface area contributed by atoms with Crippen molar-refractivity contribution >= 4 is 43.6 Å². The van der Waals surface area contributed by atoms with Crippen LogP contribution < -0.4 is 5.32 Å². The molecule has 0 aromatic heterocycles. The quantitative estimate of drug-likeness (QED) is 0.444. The van der Waals surface area contributed by atoms with Crippen LogP contribution in [0.5, 0.6) is 0 Å². The molecular weight excluding hydrogens is 472 g/mol. The summed E-state index contributed by atoms with van der Waals surface area (Å²) in [7, 11) is -3.38. The van der Waals surface area contributed by atoms with Gasteiger partial charge in [-0.1, -0.05) is 46.3 Å². The summed E-state index contributed by atoms with van der Waals surface area (Å²) in [5.41, 5.74) is 0.759. The van der Waals surface area contributed by atoms with E-state index in [0.717, 1.165) is 15.8 Å². The minimum atomic E-state index is -3.38. The fourth-order valence-corrected chi connectivity index (χ4v) is 6.12. The fourth-order valence-electron chi connectivity index (χ4n) is 3.33. The molecule has 0 aliphatic carbocycles. The number of carbonyl (C=O) groups excluding carboxylic acids is 1. The van der Waals surface area contributed by atoms with E-state index in [4.69, 9.17) is 0 Å². The molecule has 1 aliphatic heterocycles. The van der Waals surface area contributed by atoms with Gasteiger partial charge in [0.15, 0.2) is 0 Å². The Morgan fingerprint density at radius 3 is 2.52 bits per heavy atom. The molecule has 8 heteroatoms. The number of hydrogen-bond donors (Lipinski definition) is 1. The van der Waals surface area contributed by atoms with E-state index < -0.39 is 10.0 Å². The fraction of sp³-hybridized carbons (Fsp3) is 0.381. The highest BCUT2D eigenvalue weighted by Crippen LogP contribution is 2.23. The first-order valence-corrected chi connectivity index (χ1v) is 13.0. The first kappa shape index (κ1) is 22.3. The molecule has 29 heavy (non-hydrogen) atoms. The molecule has 1 heterocycles. The van der Waals surface area contributed by atoms with Crippen LogP contribution in [-0.4, -0.2) is 44.0 Å². The molecule has 5 nitrogen and oxygen atoms in total. The lowest BCUT2D eigenvalue weighted by Gasteiger charge is -2.30. The Morgan fingerprint density at radius 2 is 1.83 bits per heavy atom. The molecule has 1 N–H and O–H groups in total. The van der Waals surface area contributed by atoms with Gasteiger partial charge in [0.2, 0.25) is 15.9 Å². The van der Waals surface area contributed by atoms with Gasteiger partial charge < -0.3 is 5.32 Å². The standard InChI is InChI=1S/C21H25BrN2O3S2/c22-19-6-4-5-17(15-19)16-29(26,27)24-12-9-18(10-13-24)21(25)23-11-14-28-20-7-2-1-3-8-20/h1-8,15,18H,9-14,16H2,(H,23,25). The topological polar surface area (TPSA) is 66.5 Å². The molecule has 3 rings (SSSR count). The predicted octanol–water partition coefficient (Wildman–Crippen LogP) is 3.90. The highest BCUT2D eigenvalue weighted by Gasteiger charge is 2.31. The van der Waals surface area contributed by atoms with Crippen LogP contribution in [0.2, 0.25) is 0 Å². The molecule has 0 bridgehead atoms. The van der Waals surface area contributed by atoms with Crippen LogP contribution in [0.3, 0.4) is 0 Å². The predicted molar refractivity (Wildman–Crippen MR) is 121 cm³/mol. The lowest BCUT2D eigenvalue weighted by molar-refractivity contribution is -0.125. The van der Waals surface area contributed by atoms with Crippen molar-refractivity contribution in [3.8, 4) is 0 Å². The van der Waals surface area contributed by atoms with E-state index in [1.165, 1.54) is 9.20 Å². The van der Waals surface area contributed by atoms with Crippen LogP contribution in [0, 0.1) is 5.92 Å². The summed E-state index contributed by atoms with van der Waals surface area (Å²) in [6.45, 7) is 1.40. The second-order valence-electron chi connectivity index (χ2n) is 7.01. The van der Waals surface area contributed by atoms with Crippen molar-refractivity contribution in [1.82, 2.24) is 9.62 Å². The van der Waals surface area contributed by atoms with E-state index in [0.29, 0.717) is 32.5 Å². The Balaban J connectivity index is 1.41.